The van der Waals surface area contributed by atoms with E-state index in [9.17, 15) is 13.5 Å². The Morgan fingerprint density at radius 2 is 1.33 bits per heavy atom. The molecule has 3 nitrogen and oxygen atoms in total. The number of rotatable bonds is 4. The highest BCUT2D eigenvalue weighted by Crippen LogP contribution is 2.57. The average Bonchev–Trinajstić information content (AvgIpc) is 3.28. The number of hydrogen-bond acceptors (Lipinski definition) is 3. The fourth-order valence-electron chi connectivity index (χ4n) is 4.77. The fraction of sp³-hybridized carbons (Fsp3) is 0.391. The van der Waals surface area contributed by atoms with Crippen LogP contribution in [0.4, 0.5) is 0 Å². The van der Waals surface area contributed by atoms with E-state index in [0.29, 0.717) is 10.3 Å². The van der Waals surface area contributed by atoms with E-state index in [1.54, 1.807) is 12.1 Å². The minimum Gasteiger partial charge on any atom is -0.392 e. The van der Waals surface area contributed by atoms with Crippen LogP contribution in [0.1, 0.15) is 55.2 Å². The van der Waals surface area contributed by atoms with E-state index in [2.05, 4.69) is 12.1 Å². The van der Waals surface area contributed by atoms with Crippen LogP contribution in [-0.4, -0.2) is 19.8 Å². The minimum absolute atomic E-state index is 0.0586. The van der Waals surface area contributed by atoms with Crippen molar-refractivity contribution in [2.75, 3.05) is 6.26 Å². The molecule has 0 unspecified atom stereocenters. The molecule has 4 rings (SSSR count). The van der Waals surface area contributed by atoms with Crippen LogP contribution in [0, 0.1) is 5.41 Å². The van der Waals surface area contributed by atoms with E-state index in [1.807, 2.05) is 24.3 Å². The Morgan fingerprint density at radius 3 is 1.78 bits per heavy atom. The smallest absolute Gasteiger partial charge is 0.175 e. The van der Waals surface area contributed by atoms with Crippen molar-refractivity contribution in [1.29, 1.82) is 0 Å². The zero-order valence-electron chi connectivity index (χ0n) is 15.7. The largest absolute Gasteiger partial charge is 0.392 e. The van der Waals surface area contributed by atoms with Gasteiger partial charge in [-0.3, -0.25) is 0 Å². The first kappa shape index (κ1) is 18.5. The average molecular weight is 383 g/mol. The Balaban J connectivity index is 1.76. The summed E-state index contributed by atoms with van der Waals surface area (Å²) in [5.74, 6) is 0. The van der Waals surface area contributed by atoms with Crippen LogP contribution in [0.3, 0.4) is 0 Å². The lowest BCUT2D eigenvalue weighted by Crippen LogP contribution is -2.11. The Bertz CT molecular complexity index is 961. The van der Waals surface area contributed by atoms with Crippen LogP contribution >= 0.6 is 0 Å². The summed E-state index contributed by atoms with van der Waals surface area (Å²) in [5, 5.41) is 9.32. The van der Waals surface area contributed by atoms with E-state index in [4.69, 9.17) is 0 Å². The quantitative estimate of drug-likeness (QED) is 0.822. The Labute approximate surface area is 161 Å². The van der Waals surface area contributed by atoms with Gasteiger partial charge in [0.05, 0.1) is 11.5 Å². The molecule has 2 aliphatic carbocycles. The van der Waals surface area contributed by atoms with Crippen molar-refractivity contribution < 1.29 is 13.5 Å². The lowest BCUT2D eigenvalue weighted by Gasteiger charge is -2.23. The van der Waals surface area contributed by atoms with E-state index >= 15 is 0 Å². The molecule has 2 aromatic carbocycles. The van der Waals surface area contributed by atoms with Gasteiger partial charge in [-0.05, 0) is 71.1 Å². The molecule has 27 heavy (non-hydrogen) atoms. The topological polar surface area (TPSA) is 54.4 Å². The molecule has 0 saturated heterocycles. The second kappa shape index (κ2) is 6.92. The van der Waals surface area contributed by atoms with Crippen molar-refractivity contribution in [3.05, 3.63) is 65.2 Å². The second-order valence-electron chi connectivity index (χ2n) is 8.17. The van der Waals surface area contributed by atoms with Gasteiger partial charge in [0.25, 0.3) is 0 Å². The van der Waals surface area contributed by atoms with Crippen LogP contribution in [-0.2, 0) is 16.4 Å². The molecule has 0 bridgehead atoms. The van der Waals surface area contributed by atoms with Crippen molar-refractivity contribution in [2.24, 2.45) is 5.41 Å². The summed E-state index contributed by atoms with van der Waals surface area (Å²) in [5.41, 5.74) is 6.38. The molecule has 2 aliphatic rings. The molecule has 1 saturated carbocycles. The van der Waals surface area contributed by atoms with Gasteiger partial charge in [0.2, 0.25) is 0 Å². The van der Waals surface area contributed by atoms with Gasteiger partial charge in [0.15, 0.2) is 9.84 Å². The molecule has 1 fully saturated rings. The van der Waals surface area contributed by atoms with Crippen LogP contribution in [0.5, 0.6) is 0 Å². The van der Waals surface area contributed by atoms with Gasteiger partial charge >= 0.3 is 0 Å². The van der Waals surface area contributed by atoms with Crippen LogP contribution < -0.4 is 0 Å². The molecular formula is C23H26O3S. The number of sulfone groups is 1. The summed E-state index contributed by atoms with van der Waals surface area (Å²) in [6, 6.07) is 15.6. The van der Waals surface area contributed by atoms with Crippen LogP contribution in [0.15, 0.2) is 53.4 Å². The highest BCUT2D eigenvalue weighted by atomic mass is 32.2. The van der Waals surface area contributed by atoms with E-state index in [0.717, 1.165) is 24.0 Å². The van der Waals surface area contributed by atoms with Crippen molar-refractivity contribution >= 4 is 21.0 Å². The van der Waals surface area contributed by atoms with Gasteiger partial charge in [-0.25, -0.2) is 8.42 Å². The molecule has 0 radical (unpaired) electrons. The second-order valence-corrected chi connectivity index (χ2v) is 10.2. The first-order chi connectivity index (χ1) is 12.9. The Morgan fingerprint density at radius 1 is 0.852 bits per heavy atom. The molecule has 0 aromatic heterocycles. The molecule has 0 heterocycles. The first-order valence-electron chi connectivity index (χ1n) is 9.63. The highest BCUT2D eigenvalue weighted by Gasteiger charge is 2.41. The summed E-state index contributed by atoms with van der Waals surface area (Å²) in [4.78, 5) is 0.370. The third-order valence-corrected chi connectivity index (χ3v) is 7.38. The summed E-state index contributed by atoms with van der Waals surface area (Å²) < 4.78 is 23.6. The van der Waals surface area contributed by atoms with Crippen LogP contribution in [0.2, 0.25) is 0 Å². The normalized spacial score (nSPS) is 19.2. The standard InChI is InChI=1S/C23H26O3S/c1-27(25,26)20-10-8-19(9-11-20)22-15-23(12-2-3-13-23)14-21(22)18-6-4-17(16-24)5-7-18/h4-11,24H,2-3,12-16H2,1H3. The fourth-order valence-corrected chi connectivity index (χ4v) is 5.40. The number of aliphatic hydroxyl groups is 1. The predicted molar refractivity (Wildman–Crippen MR) is 109 cm³/mol. The zero-order chi connectivity index (χ0) is 19.1. The maximum Gasteiger partial charge on any atom is 0.175 e. The van der Waals surface area contributed by atoms with Crippen molar-refractivity contribution in [3.63, 3.8) is 0 Å². The van der Waals surface area contributed by atoms with Crippen molar-refractivity contribution in [2.45, 2.75) is 50.0 Å². The van der Waals surface area contributed by atoms with Gasteiger partial charge in [0, 0.05) is 6.26 Å². The Hall–Kier alpha value is -1.91. The molecule has 2 aromatic rings. The Kier molecular flexibility index (Phi) is 4.73. The maximum absolute atomic E-state index is 11.8. The summed E-state index contributed by atoms with van der Waals surface area (Å²) >= 11 is 0. The summed E-state index contributed by atoms with van der Waals surface area (Å²) in [7, 11) is -3.18. The van der Waals surface area contributed by atoms with E-state index in [-0.39, 0.29) is 6.61 Å². The molecule has 0 amide bonds. The molecule has 142 valence electrons. The van der Waals surface area contributed by atoms with Crippen molar-refractivity contribution in [1.82, 2.24) is 0 Å². The number of allylic oxidation sites excluding steroid dienone is 2. The molecule has 1 spiro atoms. The first-order valence-corrected chi connectivity index (χ1v) is 11.5. The number of aliphatic hydroxyl groups excluding tert-OH is 1. The lowest BCUT2D eigenvalue weighted by atomic mass is 9.81. The van der Waals surface area contributed by atoms with Crippen molar-refractivity contribution in [3.8, 4) is 0 Å². The summed E-state index contributed by atoms with van der Waals surface area (Å²) in [6.07, 6.45) is 8.57. The number of hydrogen-bond donors (Lipinski definition) is 1. The van der Waals surface area contributed by atoms with Gasteiger partial charge in [-0.15, -0.1) is 0 Å². The number of benzene rings is 2. The molecule has 1 N–H and O–H groups in total. The third-order valence-electron chi connectivity index (χ3n) is 6.25. The monoisotopic (exact) mass is 382 g/mol. The highest BCUT2D eigenvalue weighted by molar-refractivity contribution is 7.90. The van der Waals surface area contributed by atoms with E-state index < -0.39 is 9.84 Å². The van der Waals surface area contributed by atoms with Gasteiger partial charge in [-0.2, -0.15) is 0 Å². The minimum atomic E-state index is -3.18. The molecule has 0 aliphatic heterocycles. The van der Waals surface area contributed by atoms with Gasteiger partial charge < -0.3 is 5.11 Å². The lowest BCUT2D eigenvalue weighted by molar-refractivity contribution is 0.282. The predicted octanol–water partition coefficient (Wildman–Crippen LogP) is 4.85. The summed E-state index contributed by atoms with van der Waals surface area (Å²) in [6.45, 7) is 0.0586. The molecule has 4 heteroatoms. The molecule has 0 atom stereocenters. The zero-order valence-corrected chi connectivity index (χ0v) is 16.6. The SMILES string of the molecule is CS(=O)(=O)c1ccc(C2=C(c3ccc(CO)cc3)CC3(CCCC3)C2)cc1. The van der Waals surface area contributed by atoms with Gasteiger partial charge in [-0.1, -0.05) is 49.2 Å². The molecular weight excluding hydrogens is 356 g/mol. The maximum atomic E-state index is 11.8. The van der Waals surface area contributed by atoms with Gasteiger partial charge in [0.1, 0.15) is 0 Å². The van der Waals surface area contributed by atoms with E-state index in [1.165, 1.54) is 48.6 Å². The third kappa shape index (κ3) is 3.61. The van der Waals surface area contributed by atoms with Crippen LogP contribution in [0.25, 0.3) is 11.1 Å².